The summed E-state index contributed by atoms with van der Waals surface area (Å²) >= 11 is 0. The van der Waals surface area contributed by atoms with Crippen LogP contribution in [0, 0.1) is 6.92 Å². The molecule has 0 saturated heterocycles. The van der Waals surface area contributed by atoms with Crippen molar-refractivity contribution in [3.8, 4) is 5.75 Å². The van der Waals surface area contributed by atoms with Crippen LogP contribution in [0.25, 0.3) is 0 Å². The molecule has 0 aromatic carbocycles. The molecule has 2 rings (SSSR count). The minimum absolute atomic E-state index is 0.119. The summed E-state index contributed by atoms with van der Waals surface area (Å²) in [5, 5.41) is 5.82. The summed E-state index contributed by atoms with van der Waals surface area (Å²) in [5.74, 6) is 0.557. The van der Waals surface area contributed by atoms with Gasteiger partial charge in [-0.1, -0.05) is 19.3 Å². The number of amides is 2. The van der Waals surface area contributed by atoms with Crippen LogP contribution in [-0.2, 0) is 6.54 Å². The predicted octanol–water partition coefficient (Wildman–Crippen LogP) is 1.80. The highest BCUT2D eigenvalue weighted by molar-refractivity contribution is 5.74. The standard InChI is InChI=1S/C16H25N3O3/c1-12-10-14(22-2)11-15(20)19(12)9-8-17-16(21)18-13-6-4-3-5-7-13/h10-11,13H,3-9H2,1-2H3,(H2,17,18,21). The lowest BCUT2D eigenvalue weighted by Gasteiger charge is -2.23. The molecule has 1 aromatic heterocycles. The predicted molar refractivity (Wildman–Crippen MR) is 85.4 cm³/mol. The van der Waals surface area contributed by atoms with Crippen molar-refractivity contribution in [3.05, 3.63) is 28.2 Å². The van der Waals surface area contributed by atoms with E-state index in [-0.39, 0.29) is 11.6 Å². The van der Waals surface area contributed by atoms with Crippen LogP contribution in [0.5, 0.6) is 5.75 Å². The Morgan fingerprint density at radius 2 is 2.05 bits per heavy atom. The summed E-state index contributed by atoms with van der Waals surface area (Å²) < 4.78 is 6.69. The number of rotatable bonds is 5. The van der Waals surface area contributed by atoms with Crippen molar-refractivity contribution in [2.24, 2.45) is 0 Å². The van der Waals surface area contributed by atoms with Crippen LogP contribution in [0.4, 0.5) is 4.79 Å². The van der Waals surface area contributed by atoms with Gasteiger partial charge in [-0.25, -0.2) is 4.79 Å². The number of nitrogens with one attached hydrogen (secondary N) is 2. The van der Waals surface area contributed by atoms with E-state index in [1.54, 1.807) is 4.57 Å². The Kier molecular flexibility index (Phi) is 5.86. The second-order valence-corrected chi connectivity index (χ2v) is 5.76. The Hall–Kier alpha value is -1.98. The zero-order chi connectivity index (χ0) is 15.9. The highest BCUT2D eigenvalue weighted by Gasteiger charge is 2.15. The quantitative estimate of drug-likeness (QED) is 0.871. The topological polar surface area (TPSA) is 72.4 Å². The number of carbonyl (C=O) groups excluding carboxylic acids is 1. The first-order valence-corrected chi connectivity index (χ1v) is 7.90. The minimum Gasteiger partial charge on any atom is -0.496 e. The van der Waals surface area contributed by atoms with Crippen molar-refractivity contribution < 1.29 is 9.53 Å². The number of methoxy groups -OCH3 is 1. The Morgan fingerprint density at radius 1 is 1.32 bits per heavy atom. The Labute approximate surface area is 130 Å². The third-order valence-electron chi connectivity index (χ3n) is 4.11. The van der Waals surface area contributed by atoms with Gasteiger partial charge in [0.05, 0.1) is 7.11 Å². The molecule has 1 fully saturated rings. The molecule has 0 spiro atoms. The van der Waals surface area contributed by atoms with Crippen molar-refractivity contribution in [2.45, 2.75) is 51.6 Å². The largest absolute Gasteiger partial charge is 0.496 e. The Bertz CT molecular complexity index is 562. The molecule has 1 aromatic rings. The van der Waals surface area contributed by atoms with E-state index < -0.39 is 0 Å². The van der Waals surface area contributed by atoms with Gasteiger partial charge in [0.25, 0.3) is 5.56 Å². The van der Waals surface area contributed by atoms with Crippen molar-refractivity contribution in [1.82, 2.24) is 15.2 Å². The average molecular weight is 307 g/mol. The maximum Gasteiger partial charge on any atom is 0.315 e. The number of pyridine rings is 1. The van der Waals surface area contributed by atoms with Crippen LogP contribution in [-0.4, -0.2) is 30.3 Å². The fraction of sp³-hybridized carbons (Fsp3) is 0.625. The van der Waals surface area contributed by atoms with Crippen LogP contribution < -0.4 is 20.9 Å². The lowest BCUT2D eigenvalue weighted by atomic mass is 9.96. The first-order chi connectivity index (χ1) is 10.6. The number of ether oxygens (including phenoxy) is 1. The molecule has 1 heterocycles. The van der Waals surface area contributed by atoms with Gasteiger partial charge in [-0.2, -0.15) is 0 Å². The molecule has 6 heteroatoms. The van der Waals surface area contributed by atoms with Gasteiger partial charge < -0.3 is 19.9 Å². The van der Waals surface area contributed by atoms with Gasteiger partial charge in [-0.3, -0.25) is 4.79 Å². The number of aromatic nitrogens is 1. The summed E-state index contributed by atoms with van der Waals surface area (Å²) in [4.78, 5) is 23.8. The van der Waals surface area contributed by atoms with Crippen molar-refractivity contribution in [3.63, 3.8) is 0 Å². The summed E-state index contributed by atoms with van der Waals surface area (Å²) in [6.07, 6.45) is 5.76. The fourth-order valence-corrected chi connectivity index (χ4v) is 2.87. The molecule has 1 aliphatic rings. The zero-order valence-corrected chi connectivity index (χ0v) is 13.4. The fourth-order valence-electron chi connectivity index (χ4n) is 2.87. The van der Waals surface area contributed by atoms with Crippen molar-refractivity contribution >= 4 is 6.03 Å². The first kappa shape index (κ1) is 16.4. The maximum atomic E-state index is 12.0. The van der Waals surface area contributed by atoms with E-state index >= 15 is 0 Å². The van der Waals surface area contributed by atoms with E-state index in [9.17, 15) is 9.59 Å². The highest BCUT2D eigenvalue weighted by Crippen LogP contribution is 2.17. The zero-order valence-electron chi connectivity index (χ0n) is 13.4. The van der Waals surface area contributed by atoms with E-state index in [1.807, 2.05) is 13.0 Å². The molecule has 22 heavy (non-hydrogen) atoms. The van der Waals surface area contributed by atoms with Crippen LogP contribution in [0.2, 0.25) is 0 Å². The molecular weight excluding hydrogens is 282 g/mol. The molecule has 1 saturated carbocycles. The van der Waals surface area contributed by atoms with Gasteiger partial charge in [-0.15, -0.1) is 0 Å². The molecule has 0 radical (unpaired) electrons. The van der Waals surface area contributed by atoms with Crippen LogP contribution in [0.1, 0.15) is 37.8 Å². The number of carbonyl (C=O) groups is 1. The molecule has 0 unspecified atom stereocenters. The lowest BCUT2D eigenvalue weighted by molar-refractivity contribution is 0.232. The third kappa shape index (κ3) is 4.51. The molecule has 1 aliphatic carbocycles. The highest BCUT2D eigenvalue weighted by atomic mass is 16.5. The average Bonchev–Trinajstić information content (AvgIpc) is 2.50. The van der Waals surface area contributed by atoms with Gasteiger partial charge in [0.15, 0.2) is 0 Å². The number of urea groups is 1. The molecule has 2 N–H and O–H groups in total. The van der Waals surface area contributed by atoms with Gasteiger partial charge in [-0.05, 0) is 25.8 Å². The molecule has 0 aliphatic heterocycles. The second kappa shape index (κ2) is 7.87. The maximum absolute atomic E-state index is 12.0. The monoisotopic (exact) mass is 307 g/mol. The van der Waals surface area contributed by atoms with Gasteiger partial charge in [0.1, 0.15) is 5.75 Å². The van der Waals surface area contributed by atoms with E-state index in [0.29, 0.717) is 24.9 Å². The molecule has 0 bridgehead atoms. The molecular formula is C16H25N3O3. The summed E-state index contributed by atoms with van der Waals surface area (Å²) in [6, 6.07) is 3.41. The van der Waals surface area contributed by atoms with Gasteiger partial charge in [0.2, 0.25) is 0 Å². The van der Waals surface area contributed by atoms with Crippen LogP contribution in [0.15, 0.2) is 16.9 Å². The van der Waals surface area contributed by atoms with E-state index in [4.69, 9.17) is 4.74 Å². The van der Waals surface area contributed by atoms with Gasteiger partial charge >= 0.3 is 6.03 Å². The smallest absolute Gasteiger partial charge is 0.315 e. The van der Waals surface area contributed by atoms with E-state index in [0.717, 1.165) is 18.5 Å². The lowest BCUT2D eigenvalue weighted by Crippen LogP contribution is -2.44. The normalized spacial score (nSPS) is 15.4. The van der Waals surface area contributed by atoms with Crippen molar-refractivity contribution in [2.75, 3.05) is 13.7 Å². The summed E-state index contributed by atoms with van der Waals surface area (Å²) in [5.41, 5.74) is 0.699. The number of aryl methyl sites for hydroxylation is 1. The Morgan fingerprint density at radius 3 is 2.68 bits per heavy atom. The molecule has 6 nitrogen and oxygen atoms in total. The molecule has 2 amide bonds. The third-order valence-corrected chi connectivity index (χ3v) is 4.11. The Balaban J connectivity index is 1.80. The number of hydrogen-bond donors (Lipinski definition) is 2. The van der Waals surface area contributed by atoms with Crippen LogP contribution in [0.3, 0.4) is 0 Å². The van der Waals surface area contributed by atoms with E-state index in [2.05, 4.69) is 10.6 Å². The van der Waals surface area contributed by atoms with Crippen molar-refractivity contribution in [1.29, 1.82) is 0 Å². The summed E-state index contributed by atoms with van der Waals surface area (Å²) in [6.45, 7) is 2.73. The van der Waals surface area contributed by atoms with E-state index in [1.165, 1.54) is 32.4 Å². The molecule has 0 atom stereocenters. The SMILES string of the molecule is COc1cc(C)n(CCNC(=O)NC2CCCCC2)c(=O)c1. The second-order valence-electron chi connectivity index (χ2n) is 5.76. The first-order valence-electron chi connectivity index (χ1n) is 7.90. The number of hydrogen-bond acceptors (Lipinski definition) is 3. The van der Waals surface area contributed by atoms with Crippen LogP contribution >= 0.6 is 0 Å². The minimum atomic E-state index is -0.147. The number of nitrogens with zero attached hydrogens (tertiary/aromatic N) is 1. The van der Waals surface area contributed by atoms with Gasteiger partial charge in [0, 0.05) is 30.9 Å². The summed E-state index contributed by atoms with van der Waals surface area (Å²) in [7, 11) is 1.54. The molecule has 122 valence electrons.